The van der Waals surface area contributed by atoms with E-state index in [0.717, 1.165) is 22.4 Å². The molecule has 0 aliphatic rings. The molecule has 0 saturated carbocycles. The van der Waals surface area contributed by atoms with Gasteiger partial charge in [-0.25, -0.2) is 13.5 Å². The van der Waals surface area contributed by atoms with Crippen molar-refractivity contribution in [3.05, 3.63) is 82.7 Å². The number of hydrogen-bond acceptors (Lipinski definition) is 3. The lowest BCUT2D eigenvalue weighted by Crippen LogP contribution is -2.29. The topological polar surface area (TPSA) is 64.0 Å². The Morgan fingerprint density at radius 1 is 1.00 bits per heavy atom. The number of benzene rings is 2. The van der Waals surface area contributed by atoms with Gasteiger partial charge in [0.25, 0.3) is 5.56 Å². The minimum Gasteiger partial charge on any atom is -0.324 e. The van der Waals surface area contributed by atoms with Gasteiger partial charge in [0.1, 0.15) is 6.54 Å². The van der Waals surface area contributed by atoms with E-state index in [1.807, 2.05) is 30.3 Å². The Hall–Kier alpha value is -3.35. The van der Waals surface area contributed by atoms with Gasteiger partial charge in [-0.15, -0.1) is 0 Å². The Kier molecular flexibility index (Phi) is 4.65. The molecule has 25 heavy (non-hydrogen) atoms. The van der Waals surface area contributed by atoms with Crippen molar-refractivity contribution in [2.75, 3.05) is 5.32 Å². The number of hydrogen-bond donors (Lipinski definition) is 1. The van der Waals surface area contributed by atoms with Crippen molar-refractivity contribution in [2.24, 2.45) is 0 Å². The lowest BCUT2D eigenvalue weighted by molar-refractivity contribution is -0.117. The zero-order chi connectivity index (χ0) is 17.8. The lowest BCUT2D eigenvalue weighted by Gasteiger charge is -2.08. The lowest BCUT2D eigenvalue weighted by atomic mass is 10.1. The van der Waals surface area contributed by atoms with E-state index in [-0.39, 0.29) is 12.2 Å². The van der Waals surface area contributed by atoms with E-state index >= 15 is 0 Å². The van der Waals surface area contributed by atoms with Crippen LogP contribution in [0.15, 0.2) is 65.5 Å². The van der Waals surface area contributed by atoms with Crippen LogP contribution in [0.1, 0.15) is 0 Å². The highest BCUT2D eigenvalue weighted by molar-refractivity contribution is 5.90. The molecule has 0 atom stereocenters. The van der Waals surface area contributed by atoms with Gasteiger partial charge in [0.05, 0.1) is 5.69 Å². The average Bonchev–Trinajstić information content (AvgIpc) is 2.61. The van der Waals surface area contributed by atoms with Crippen LogP contribution in [-0.4, -0.2) is 15.7 Å². The first-order valence-electron chi connectivity index (χ1n) is 7.41. The molecule has 0 saturated heterocycles. The van der Waals surface area contributed by atoms with Gasteiger partial charge in [-0.05, 0) is 18.2 Å². The molecule has 3 rings (SSSR count). The molecule has 2 aromatic carbocycles. The van der Waals surface area contributed by atoms with Crippen LogP contribution in [0.5, 0.6) is 0 Å². The normalized spacial score (nSPS) is 10.5. The van der Waals surface area contributed by atoms with Crippen molar-refractivity contribution in [2.45, 2.75) is 6.54 Å². The summed E-state index contributed by atoms with van der Waals surface area (Å²) in [6.07, 6.45) is 0. The van der Waals surface area contributed by atoms with Gasteiger partial charge in [0, 0.05) is 23.4 Å². The Balaban J connectivity index is 1.79. The highest BCUT2D eigenvalue weighted by Crippen LogP contribution is 2.15. The molecular weight excluding hydrogens is 328 g/mol. The summed E-state index contributed by atoms with van der Waals surface area (Å²) in [7, 11) is 0. The smallest absolute Gasteiger partial charge is 0.267 e. The van der Waals surface area contributed by atoms with Crippen molar-refractivity contribution in [3.63, 3.8) is 0 Å². The molecule has 0 bridgehead atoms. The maximum atomic E-state index is 13.2. The molecule has 1 aromatic heterocycles. The Morgan fingerprint density at radius 2 is 1.76 bits per heavy atom. The molecule has 1 heterocycles. The van der Waals surface area contributed by atoms with E-state index < -0.39 is 23.1 Å². The largest absolute Gasteiger partial charge is 0.324 e. The molecular formula is C18H13F2N3O2. The van der Waals surface area contributed by atoms with Gasteiger partial charge < -0.3 is 5.32 Å². The van der Waals surface area contributed by atoms with Crippen LogP contribution >= 0.6 is 0 Å². The van der Waals surface area contributed by atoms with Gasteiger partial charge in [-0.2, -0.15) is 5.10 Å². The maximum Gasteiger partial charge on any atom is 0.267 e. The van der Waals surface area contributed by atoms with E-state index in [1.165, 1.54) is 12.1 Å². The van der Waals surface area contributed by atoms with Crippen molar-refractivity contribution in [1.29, 1.82) is 0 Å². The number of nitrogens with zero attached hydrogens (tertiary/aromatic N) is 2. The van der Waals surface area contributed by atoms with Crippen molar-refractivity contribution < 1.29 is 13.6 Å². The van der Waals surface area contributed by atoms with Crippen LogP contribution < -0.4 is 10.9 Å². The van der Waals surface area contributed by atoms with Crippen molar-refractivity contribution in [3.8, 4) is 11.3 Å². The molecule has 0 radical (unpaired) electrons. The molecule has 5 nitrogen and oxygen atoms in total. The highest BCUT2D eigenvalue weighted by atomic mass is 19.2. The van der Waals surface area contributed by atoms with Crippen molar-refractivity contribution in [1.82, 2.24) is 9.78 Å². The molecule has 1 N–H and O–H groups in total. The molecule has 1 amide bonds. The third-order valence-electron chi connectivity index (χ3n) is 3.43. The first kappa shape index (κ1) is 16.5. The Labute approximate surface area is 141 Å². The van der Waals surface area contributed by atoms with Gasteiger partial charge in [0.2, 0.25) is 5.91 Å². The summed E-state index contributed by atoms with van der Waals surface area (Å²) in [5.74, 6) is -2.66. The van der Waals surface area contributed by atoms with Crippen LogP contribution in [0.25, 0.3) is 11.3 Å². The summed E-state index contributed by atoms with van der Waals surface area (Å²) < 4.78 is 27.1. The summed E-state index contributed by atoms with van der Waals surface area (Å²) in [4.78, 5) is 24.0. The van der Waals surface area contributed by atoms with Crippen molar-refractivity contribution >= 4 is 11.6 Å². The number of carbonyl (C=O) groups excluding carboxylic acids is 1. The summed E-state index contributed by atoms with van der Waals surface area (Å²) in [6, 6.07) is 15.1. The van der Waals surface area contributed by atoms with E-state index in [0.29, 0.717) is 5.69 Å². The second-order valence-corrected chi connectivity index (χ2v) is 5.26. The standard InChI is InChI=1S/C18H13F2N3O2/c19-14-7-6-13(10-15(14)20)21-17(24)11-23-18(25)9-8-16(22-23)12-4-2-1-3-5-12/h1-10H,11H2,(H,21,24). The Bertz CT molecular complexity index is 972. The molecule has 3 aromatic rings. The number of anilines is 1. The minimum atomic E-state index is -1.07. The zero-order valence-corrected chi connectivity index (χ0v) is 12.9. The average molecular weight is 341 g/mol. The zero-order valence-electron chi connectivity index (χ0n) is 12.9. The van der Waals surface area contributed by atoms with E-state index in [4.69, 9.17) is 0 Å². The van der Waals surface area contributed by atoms with Crippen LogP contribution in [0.3, 0.4) is 0 Å². The second-order valence-electron chi connectivity index (χ2n) is 5.26. The molecule has 0 spiro atoms. The number of carbonyl (C=O) groups is 1. The van der Waals surface area contributed by atoms with Gasteiger partial charge in [0.15, 0.2) is 11.6 Å². The first-order chi connectivity index (χ1) is 12.0. The fourth-order valence-electron chi connectivity index (χ4n) is 2.24. The quantitative estimate of drug-likeness (QED) is 0.794. The van der Waals surface area contributed by atoms with Gasteiger partial charge in [-0.3, -0.25) is 9.59 Å². The fourth-order valence-corrected chi connectivity index (χ4v) is 2.24. The molecule has 0 aliphatic carbocycles. The number of nitrogens with one attached hydrogen (secondary N) is 1. The summed E-state index contributed by atoms with van der Waals surface area (Å²) in [6.45, 7) is -0.349. The summed E-state index contributed by atoms with van der Waals surface area (Å²) >= 11 is 0. The third kappa shape index (κ3) is 3.95. The Morgan fingerprint density at radius 3 is 2.48 bits per heavy atom. The monoisotopic (exact) mass is 341 g/mol. The van der Waals surface area contributed by atoms with Crippen LogP contribution in [-0.2, 0) is 11.3 Å². The summed E-state index contributed by atoms with van der Waals surface area (Å²) in [5, 5.41) is 6.56. The predicted octanol–water partition coefficient (Wildman–Crippen LogP) is 2.83. The number of aromatic nitrogens is 2. The fraction of sp³-hybridized carbons (Fsp3) is 0.0556. The van der Waals surface area contributed by atoms with E-state index in [2.05, 4.69) is 10.4 Å². The molecule has 0 aliphatic heterocycles. The molecule has 0 unspecified atom stereocenters. The second kappa shape index (κ2) is 7.04. The maximum absolute atomic E-state index is 13.2. The molecule has 7 heteroatoms. The minimum absolute atomic E-state index is 0.0937. The van der Waals surface area contributed by atoms with Crippen LogP contribution in [0.2, 0.25) is 0 Å². The highest BCUT2D eigenvalue weighted by Gasteiger charge is 2.10. The van der Waals surface area contributed by atoms with E-state index in [1.54, 1.807) is 6.07 Å². The van der Waals surface area contributed by atoms with Gasteiger partial charge in [-0.1, -0.05) is 30.3 Å². The SMILES string of the molecule is O=C(Cn1nc(-c2ccccc2)ccc1=O)Nc1ccc(F)c(F)c1. The van der Waals surface area contributed by atoms with Crippen LogP contribution in [0, 0.1) is 11.6 Å². The predicted molar refractivity (Wildman–Crippen MR) is 88.9 cm³/mol. The molecule has 0 fully saturated rings. The van der Waals surface area contributed by atoms with Gasteiger partial charge >= 0.3 is 0 Å². The third-order valence-corrected chi connectivity index (χ3v) is 3.43. The number of rotatable bonds is 4. The number of amides is 1. The first-order valence-corrected chi connectivity index (χ1v) is 7.41. The summed E-state index contributed by atoms with van der Waals surface area (Å²) in [5.41, 5.74) is 0.995. The molecule has 126 valence electrons. The van der Waals surface area contributed by atoms with Crippen LogP contribution in [0.4, 0.5) is 14.5 Å². The number of halogens is 2. The van der Waals surface area contributed by atoms with E-state index in [9.17, 15) is 18.4 Å².